The van der Waals surface area contributed by atoms with E-state index in [2.05, 4.69) is 15.2 Å². The van der Waals surface area contributed by atoms with Crippen LogP contribution in [0.2, 0.25) is 0 Å². The maximum atomic E-state index is 12.7. The number of hydrogen-bond donors (Lipinski definition) is 0. The van der Waals surface area contributed by atoms with Crippen LogP contribution in [0.3, 0.4) is 0 Å². The van der Waals surface area contributed by atoms with Gasteiger partial charge in [-0.3, -0.25) is 9.78 Å². The van der Waals surface area contributed by atoms with Gasteiger partial charge in [0, 0.05) is 24.5 Å². The molecule has 0 N–H and O–H groups in total. The van der Waals surface area contributed by atoms with Crippen molar-refractivity contribution in [3.63, 3.8) is 0 Å². The summed E-state index contributed by atoms with van der Waals surface area (Å²) < 4.78 is 0. The van der Waals surface area contributed by atoms with Crippen molar-refractivity contribution in [2.75, 3.05) is 6.54 Å². The van der Waals surface area contributed by atoms with Crippen LogP contribution < -0.4 is 0 Å². The van der Waals surface area contributed by atoms with E-state index in [0.717, 1.165) is 37.9 Å². The highest BCUT2D eigenvalue weighted by Gasteiger charge is 2.27. The summed E-state index contributed by atoms with van der Waals surface area (Å²) in [6, 6.07) is 8.00. The molecule has 3 heterocycles. The normalized spacial score (nSPS) is 18.2. The molecule has 0 bridgehead atoms. The number of rotatable bonds is 4. The maximum absolute atomic E-state index is 12.7. The van der Waals surface area contributed by atoms with E-state index in [1.807, 2.05) is 29.3 Å². The zero-order valence-corrected chi connectivity index (χ0v) is 12.6. The van der Waals surface area contributed by atoms with E-state index in [1.165, 1.54) is 6.42 Å². The van der Waals surface area contributed by atoms with Crippen molar-refractivity contribution in [1.82, 2.24) is 20.1 Å². The van der Waals surface area contributed by atoms with Crippen LogP contribution in [0.5, 0.6) is 0 Å². The van der Waals surface area contributed by atoms with Gasteiger partial charge in [0.2, 0.25) is 0 Å². The SMILES string of the molecule is O=C(c1ccnnc1)N1CCCC[C@@H]1CCc1ccccn1. The molecule has 1 atom stereocenters. The third-order valence-corrected chi connectivity index (χ3v) is 4.18. The first kappa shape index (κ1) is 14.6. The molecule has 5 heteroatoms. The topological polar surface area (TPSA) is 59.0 Å². The summed E-state index contributed by atoms with van der Waals surface area (Å²) in [6.45, 7) is 0.827. The number of amides is 1. The Balaban J connectivity index is 1.67. The molecule has 22 heavy (non-hydrogen) atoms. The minimum absolute atomic E-state index is 0.0700. The lowest BCUT2D eigenvalue weighted by Gasteiger charge is -2.36. The van der Waals surface area contributed by atoms with Crippen LogP contribution in [0, 0.1) is 0 Å². The van der Waals surface area contributed by atoms with Crippen molar-refractivity contribution in [2.24, 2.45) is 0 Å². The molecule has 1 saturated heterocycles. The van der Waals surface area contributed by atoms with Gasteiger partial charge in [-0.2, -0.15) is 10.2 Å². The van der Waals surface area contributed by atoms with Gasteiger partial charge in [-0.1, -0.05) is 6.07 Å². The molecule has 3 rings (SSSR count). The van der Waals surface area contributed by atoms with Crippen molar-refractivity contribution in [3.05, 3.63) is 54.1 Å². The molecular weight excluding hydrogens is 276 g/mol. The Kier molecular flexibility index (Phi) is 4.73. The molecule has 0 aliphatic carbocycles. The monoisotopic (exact) mass is 296 g/mol. The Hall–Kier alpha value is -2.30. The van der Waals surface area contributed by atoms with Crippen molar-refractivity contribution >= 4 is 5.91 Å². The summed E-state index contributed by atoms with van der Waals surface area (Å²) in [5, 5.41) is 7.55. The van der Waals surface area contributed by atoms with Crippen LogP contribution in [0.1, 0.15) is 41.7 Å². The highest BCUT2D eigenvalue weighted by atomic mass is 16.2. The molecule has 1 amide bonds. The molecule has 2 aromatic heterocycles. The van der Waals surface area contributed by atoms with Crippen molar-refractivity contribution in [2.45, 2.75) is 38.1 Å². The van der Waals surface area contributed by atoms with Crippen LogP contribution >= 0.6 is 0 Å². The molecule has 1 aliphatic heterocycles. The summed E-state index contributed by atoms with van der Waals surface area (Å²) >= 11 is 0. The minimum Gasteiger partial charge on any atom is -0.336 e. The Bertz CT molecular complexity index is 603. The van der Waals surface area contributed by atoms with Crippen LogP contribution in [0.4, 0.5) is 0 Å². The van der Waals surface area contributed by atoms with E-state index in [4.69, 9.17) is 0 Å². The molecule has 0 unspecified atom stereocenters. The zero-order valence-electron chi connectivity index (χ0n) is 12.6. The Morgan fingerprint density at radius 2 is 2.14 bits per heavy atom. The molecule has 5 nitrogen and oxygen atoms in total. The second kappa shape index (κ2) is 7.11. The van der Waals surface area contributed by atoms with E-state index >= 15 is 0 Å². The first-order valence-corrected chi connectivity index (χ1v) is 7.82. The van der Waals surface area contributed by atoms with Gasteiger partial charge in [0.15, 0.2) is 0 Å². The first-order chi connectivity index (χ1) is 10.8. The number of piperidine rings is 1. The van der Waals surface area contributed by atoms with Crippen LogP contribution in [-0.4, -0.2) is 38.6 Å². The van der Waals surface area contributed by atoms with E-state index in [1.54, 1.807) is 18.5 Å². The van der Waals surface area contributed by atoms with E-state index < -0.39 is 0 Å². The molecule has 1 fully saturated rings. The fraction of sp³-hybridized carbons (Fsp3) is 0.412. The largest absolute Gasteiger partial charge is 0.336 e. The van der Waals surface area contributed by atoms with Crippen LogP contribution in [0.25, 0.3) is 0 Å². The smallest absolute Gasteiger partial charge is 0.255 e. The second-order valence-corrected chi connectivity index (χ2v) is 5.64. The van der Waals surface area contributed by atoms with Gasteiger partial charge in [0.25, 0.3) is 5.91 Å². The lowest BCUT2D eigenvalue weighted by molar-refractivity contribution is 0.0601. The highest BCUT2D eigenvalue weighted by molar-refractivity contribution is 5.94. The van der Waals surface area contributed by atoms with Gasteiger partial charge in [-0.05, 0) is 50.3 Å². The van der Waals surface area contributed by atoms with Crippen molar-refractivity contribution in [1.29, 1.82) is 0 Å². The molecule has 0 radical (unpaired) electrons. The molecule has 2 aromatic rings. The number of likely N-dealkylation sites (tertiary alicyclic amines) is 1. The van der Waals surface area contributed by atoms with Crippen molar-refractivity contribution in [3.8, 4) is 0 Å². The molecular formula is C17H20N4O. The summed E-state index contributed by atoms with van der Waals surface area (Å²) in [5.41, 5.74) is 1.71. The van der Waals surface area contributed by atoms with Crippen molar-refractivity contribution < 1.29 is 4.79 Å². The molecule has 1 aliphatic rings. The Morgan fingerprint density at radius 3 is 2.91 bits per heavy atom. The number of carbonyl (C=O) groups excluding carboxylic acids is 1. The lowest BCUT2D eigenvalue weighted by atomic mass is 9.96. The minimum atomic E-state index is 0.0700. The predicted octanol–water partition coefficient (Wildman–Crippen LogP) is 2.50. The number of nitrogens with zero attached hydrogens (tertiary/aromatic N) is 4. The number of carbonyl (C=O) groups is 1. The number of hydrogen-bond acceptors (Lipinski definition) is 4. The number of aryl methyl sites for hydroxylation is 1. The second-order valence-electron chi connectivity index (χ2n) is 5.64. The quantitative estimate of drug-likeness (QED) is 0.870. The van der Waals surface area contributed by atoms with Gasteiger partial charge in [-0.15, -0.1) is 0 Å². The van der Waals surface area contributed by atoms with Gasteiger partial charge < -0.3 is 4.90 Å². The van der Waals surface area contributed by atoms with Gasteiger partial charge >= 0.3 is 0 Å². The van der Waals surface area contributed by atoms with E-state index in [9.17, 15) is 4.79 Å². The molecule has 114 valence electrons. The van der Waals surface area contributed by atoms with Gasteiger partial charge in [0.05, 0.1) is 18.0 Å². The highest BCUT2D eigenvalue weighted by Crippen LogP contribution is 2.23. The third kappa shape index (κ3) is 3.47. The Labute approximate surface area is 130 Å². The number of aromatic nitrogens is 3. The van der Waals surface area contributed by atoms with Crippen LogP contribution in [0.15, 0.2) is 42.9 Å². The summed E-state index contributed by atoms with van der Waals surface area (Å²) in [7, 11) is 0. The summed E-state index contributed by atoms with van der Waals surface area (Å²) in [4.78, 5) is 19.0. The number of pyridine rings is 1. The van der Waals surface area contributed by atoms with Crippen LogP contribution in [-0.2, 0) is 6.42 Å². The fourth-order valence-corrected chi connectivity index (χ4v) is 3.01. The lowest BCUT2D eigenvalue weighted by Crippen LogP contribution is -2.44. The molecule has 0 spiro atoms. The molecule has 0 saturated carbocycles. The predicted molar refractivity (Wildman–Crippen MR) is 83.3 cm³/mol. The van der Waals surface area contributed by atoms with E-state index in [0.29, 0.717) is 5.56 Å². The Morgan fingerprint density at radius 1 is 1.18 bits per heavy atom. The standard InChI is InChI=1S/C17H20N4O/c22-17(14-9-11-19-20-13-14)21-12-4-2-6-16(21)8-7-15-5-1-3-10-18-15/h1,3,5,9-11,13,16H,2,4,6-8,12H2/t16-/m1/s1. The molecule has 0 aromatic carbocycles. The zero-order chi connectivity index (χ0) is 15.2. The summed E-state index contributed by atoms with van der Waals surface area (Å²) in [5.74, 6) is 0.0700. The van der Waals surface area contributed by atoms with E-state index in [-0.39, 0.29) is 11.9 Å². The van der Waals surface area contributed by atoms with Gasteiger partial charge in [0.1, 0.15) is 0 Å². The van der Waals surface area contributed by atoms with Gasteiger partial charge in [-0.25, -0.2) is 0 Å². The average molecular weight is 296 g/mol. The fourth-order valence-electron chi connectivity index (χ4n) is 3.01. The first-order valence-electron chi connectivity index (χ1n) is 7.82. The summed E-state index contributed by atoms with van der Waals surface area (Å²) in [6.07, 6.45) is 10.1. The average Bonchev–Trinajstić information content (AvgIpc) is 2.61. The maximum Gasteiger partial charge on any atom is 0.255 e. The third-order valence-electron chi connectivity index (χ3n) is 4.18.